The second-order valence-corrected chi connectivity index (χ2v) is 7.93. The van der Waals surface area contributed by atoms with Crippen LogP contribution in [0, 0.1) is 0 Å². The van der Waals surface area contributed by atoms with Gasteiger partial charge in [0.15, 0.2) is 6.61 Å². The Morgan fingerprint density at radius 1 is 1.03 bits per heavy atom. The molecule has 5 nitrogen and oxygen atoms in total. The molecule has 2 aromatic rings. The summed E-state index contributed by atoms with van der Waals surface area (Å²) in [6.07, 6.45) is 7.93. The average molecular weight is 421 g/mol. The lowest BCUT2D eigenvalue weighted by Crippen LogP contribution is -2.49. The Hall–Kier alpha value is -3.08. The van der Waals surface area contributed by atoms with Gasteiger partial charge >= 0.3 is 0 Å². The molecule has 0 radical (unpaired) electrons. The van der Waals surface area contributed by atoms with E-state index in [0.29, 0.717) is 18.8 Å². The van der Waals surface area contributed by atoms with Gasteiger partial charge in [-0.05, 0) is 56.7 Å². The number of ether oxygens (including phenoxy) is 1. The third-order valence-corrected chi connectivity index (χ3v) is 5.60. The molecule has 0 bridgehead atoms. The standard InChI is InChI=1S/C26H32N2O3/c1-21(26(30)27-18-17-22-11-5-2-6-12-22)28(19-23-13-7-3-8-14-23)25(29)20-31-24-15-9-4-10-16-24/h3-4,7-11,13-16,21H,2,5-6,12,17-20H2,1H3,(H,27,30)/t21-/m0/s1. The van der Waals surface area contributed by atoms with Crippen molar-refractivity contribution < 1.29 is 14.3 Å². The first-order valence-corrected chi connectivity index (χ1v) is 11.1. The highest BCUT2D eigenvalue weighted by Crippen LogP contribution is 2.19. The Kier molecular flexibility index (Phi) is 8.71. The summed E-state index contributed by atoms with van der Waals surface area (Å²) in [5, 5.41) is 3.01. The summed E-state index contributed by atoms with van der Waals surface area (Å²) >= 11 is 0. The molecule has 0 heterocycles. The molecule has 0 saturated heterocycles. The van der Waals surface area contributed by atoms with Crippen LogP contribution in [0.1, 0.15) is 44.6 Å². The molecule has 0 saturated carbocycles. The molecule has 3 rings (SSSR count). The Labute approximate surface area is 185 Å². The van der Waals surface area contributed by atoms with Crippen LogP contribution in [0.15, 0.2) is 72.3 Å². The van der Waals surface area contributed by atoms with Gasteiger partial charge in [-0.3, -0.25) is 9.59 Å². The van der Waals surface area contributed by atoms with Crippen LogP contribution in [-0.4, -0.2) is 35.9 Å². The van der Waals surface area contributed by atoms with Crippen molar-refractivity contribution >= 4 is 11.8 Å². The van der Waals surface area contributed by atoms with E-state index < -0.39 is 6.04 Å². The highest BCUT2D eigenvalue weighted by molar-refractivity contribution is 5.87. The van der Waals surface area contributed by atoms with Crippen molar-refractivity contribution in [2.45, 2.75) is 51.6 Å². The maximum absolute atomic E-state index is 13.0. The number of nitrogens with one attached hydrogen (secondary N) is 1. The fourth-order valence-corrected chi connectivity index (χ4v) is 3.73. The minimum atomic E-state index is -0.590. The quantitative estimate of drug-likeness (QED) is 0.576. The Balaban J connectivity index is 1.60. The van der Waals surface area contributed by atoms with Crippen LogP contribution < -0.4 is 10.1 Å². The summed E-state index contributed by atoms with van der Waals surface area (Å²) in [4.78, 5) is 27.4. The van der Waals surface area contributed by atoms with Crippen molar-refractivity contribution in [2.75, 3.05) is 13.2 Å². The monoisotopic (exact) mass is 420 g/mol. The van der Waals surface area contributed by atoms with E-state index in [4.69, 9.17) is 4.74 Å². The summed E-state index contributed by atoms with van der Waals surface area (Å²) < 4.78 is 5.65. The maximum atomic E-state index is 13.0. The third kappa shape index (κ3) is 7.28. The number of carbonyl (C=O) groups is 2. The smallest absolute Gasteiger partial charge is 0.261 e. The Morgan fingerprint density at radius 3 is 2.42 bits per heavy atom. The summed E-state index contributed by atoms with van der Waals surface area (Å²) in [5.41, 5.74) is 2.40. The van der Waals surface area contributed by atoms with E-state index in [-0.39, 0.29) is 18.4 Å². The minimum absolute atomic E-state index is 0.110. The van der Waals surface area contributed by atoms with Gasteiger partial charge in [-0.15, -0.1) is 0 Å². The zero-order valence-electron chi connectivity index (χ0n) is 18.3. The predicted octanol–water partition coefficient (Wildman–Crippen LogP) is 4.49. The van der Waals surface area contributed by atoms with Crippen molar-refractivity contribution in [1.29, 1.82) is 0 Å². The fourth-order valence-electron chi connectivity index (χ4n) is 3.73. The van der Waals surface area contributed by atoms with E-state index in [1.807, 2.05) is 60.7 Å². The molecule has 164 valence electrons. The number of benzene rings is 2. The summed E-state index contributed by atoms with van der Waals surface area (Å²) in [6, 6.07) is 18.4. The van der Waals surface area contributed by atoms with Crippen molar-refractivity contribution in [1.82, 2.24) is 10.2 Å². The number of rotatable bonds is 10. The van der Waals surface area contributed by atoms with E-state index >= 15 is 0 Å². The van der Waals surface area contributed by atoms with Gasteiger partial charge in [-0.2, -0.15) is 0 Å². The van der Waals surface area contributed by atoms with E-state index in [1.165, 1.54) is 18.4 Å². The normalized spacial score (nSPS) is 14.3. The zero-order chi connectivity index (χ0) is 21.9. The molecule has 0 aromatic heterocycles. The molecule has 31 heavy (non-hydrogen) atoms. The van der Waals surface area contributed by atoms with Crippen LogP contribution in [0.5, 0.6) is 5.75 Å². The average Bonchev–Trinajstić information content (AvgIpc) is 2.82. The lowest BCUT2D eigenvalue weighted by Gasteiger charge is -2.29. The molecular weight excluding hydrogens is 388 g/mol. The number of carbonyl (C=O) groups excluding carboxylic acids is 2. The number of allylic oxidation sites excluding steroid dienone is 1. The molecule has 0 aliphatic heterocycles. The Bertz CT molecular complexity index is 865. The fraction of sp³-hybridized carbons (Fsp3) is 0.385. The molecule has 2 aromatic carbocycles. The molecular formula is C26H32N2O3. The number of hydrogen-bond acceptors (Lipinski definition) is 3. The number of hydrogen-bond donors (Lipinski definition) is 1. The number of para-hydroxylation sites is 1. The largest absolute Gasteiger partial charge is 0.484 e. The van der Waals surface area contributed by atoms with Crippen LogP contribution in [0.3, 0.4) is 0 Å². The van der Waals surface area contributed by atoms with Crippen LogP contribution in [0.4, 0.5) is 0 Å². The third-order valence-electron chi connectivity index (χ3n) is 5.60. The van der Waals surface area contributed by atoms with Crippen molar-refractivity contribution in [3.63, 3.8) is 0 Å². The first-order chi connectivity index (χ1) is 15.1. The molecule has 2 amide bonds. The van der Waals surface area contributed by atoms with Crippen molar-refractivity contribution in [3.05, 3.63) is 77.9 Å². The highest BCUT2D eigenvalue weighted by Gasteiger charge is 2.26. The lowest BCUT2D eigenvalue weighted by atomic mass is 9.97. The van der Waals surface area contributed by atoms with Gasteiger partial charge in [0.1, 0.15) is 11.8 Å². The SMILES string of the molecule is C[C@@H](C(=O)NCCC1=CCCCC1)N(Cc1ccccc1)C(=O)COc1ccccc1. The summed E-state index contributed by atoms with van der Waals surface area (Å²) in [7, 11) is 0. The van der Waals surface area contributed by atoms with Gasteiger partial charge in [0.25, 0.3) is 5.91 Å². The molecule has 0 unspecified atom stereocenters. The molecule has 1 aliphatic carbocycles. The minimum Gasteiger partial charge on any atom is -0.484 e. The van der Waals surface area contributed by atoms with Crippen molar-refractivity contribution in [2.24, 2.45) is 0 Å². The highest BCUT2D eigenvalue weighted by atomic mass is 16.5. The van der Waals surface area contributed by atoms with E-state index in [0.717, 1.165) is 24.8 Å². The van der Waals surface area contributed by atoms with Crippen LogP contribution in [-0.2, 0) is 16.1 Å². The topological polar surface area (TPSA) is 58.6 Å². The van der Waals surface area contributed by atoms with Crippen LogP contribution in [0.2, 0.25) is 0 Å². The molecule has 1 aliphatic rings. The summed E-state index contributed by atoms with van der Waals surface area (Å²) in [6.45, 7) is 2.63. The Morgan fingerprint density at radius 2 is 1.74 bits per heavy atom. The van der Waals surface area contributed by atoms with Gasteiger partial charge in [-0.25, -0.2) is 0 Å². The maximum Gasteiger partial charge on any atom is 0.261 e. The molecule has 5 heteroatoms. The van der Waals surface area contributed by atoms with E-state index in [9.17, 15) is 9.59 Å². The van der Waals surface area contributed by atoms with E-state index in [1.54, 1.807) is 11.8 Å². The van der Waals surface area contributed by atoms with Crippen molar-refractivity contribution in [3.8, 4) is 5.75 Å². The summed E-state index contributed by atoms with van der Waals surface area (Å²) in [5.74, 6) is 0.277. The van der Waals surface area contributed by atoms with E-state index in [2.05, 4.69) is 11.4 Å². The van der Waals surface area contributed by atoms with Gasteiger partial charge < -0.3 is 15.0 Å². The number of nitrogens with zero attached hydrogens (tertiary/aromatic N) is 1. The first kappa shape index (κ1) is 22.6. The first-order valence-electron chi connectivity index (χ1n) is 11.1. The van der Waals surface area contributed by atoms with Crippen LogP contribution >= 0.6 is 0 Å². The molecule has 1 atom stereocenters. The molecule has 0 fully saturated rings. The second-order valence-electron chi connectivity index (χ2n) is 7.93. The van der Waals surface area contributed by atoms with Gasteiger partial charge in [-0.1, -0.05) is 60.2 Å². The zero-order valence-corrected chi connectivity index (χ0v) is 18.3. The van der Waals surface area contributed by atoms with Gasteiger partial charge in [0.2, 0.25) is 5.91 Å². The number of amides is 2. The lowest BCUT2D eigenvalue weighted by molar-refractivity contribution is -0.142. The molecule has 0 spiro atoms. The second kappa shape index (κ2) is 11.9. The molecule has 1 N–H and O–H groups in total. The predicted molar refractivity (Wildman–Crippen MR) is 123 cm³/mol. The van der Waals surface area contributed by atoms with Gasteiger partial charge in [0.05, 0.1) is 0 Å². The van der Waals surface area contributed by atoms with Gasteiger partial charge in [0, 0.05) is 13.1 Å². The van der Waals surface area contributed by atoms with Crippen LogP contribution in [0.25, 0.3) is 0 Å².